The van der Waals surface area contributed by atoms with Crippen LogP contribution < -0.4 is 15.8 Å². The lowest BCUT2D eigenvalue weighted by atomic mass is 10.1. The lowest BCUT2D eigenvalue weighted by Crippen LogP contribution is -2.26. The Morgan fingerprint density at radius 1 is 1.53 bits per heavy atom. The van der Waals surface area contributed by atoms with Crippen LogP contribution in [0.5, 0.6) is 5.75 Å². The molecule has 0 spiro atoms. The van der Waals surface area contributed by atoms with Crippen LogP contribution in [0, 0.1) is 0 Å². The smallest absolute Gasteiger partial charge is 0.253 e. The van der Waals surface area contributed by atoms with Gasteiger partial charge in [0.05, 0.1) is 18.4 Å². The molecule has 0 fully saturated rings. The van der Waals surface area contributed by atoms with E-state index >= 15 is 0 Å². The van der Waals surface area contributed by atoms with Gasteiger partial charge in [-0.1, -0.05) is 6.07 Å². The van der Waals surface area contributed by atoms with E-state index in [2.05, 4.69) is 15.3 Å². The van der Waals surface area contributed by atoms with E-state index in [4.69, 9.17) is 10.5 Å². The fourth-order valence-corrected chi connectivity index (χ4v) is 1.74. The first kappa shape index (κ1) is 12.9. The number of methoxy groups -OCH3 is 1. The average molecular weight is 260 g/mol. The monoisotopic (exact) mass is 260 g/mol. The summed E-state index contributed by atoms with van der Waals surface area (Å²) in [5.41, 5.74) is 6.62. The number of ether oxygens (including phenoxy) is 1. The molecule has 0 aliphatic carbocycles. The Morgan fingerprint density at radius 2 is 2.37 bits per heavy atom. The van der Waals surface area contributed by atoms with Gasteiger partial charge < -0.3 is 20.8 Å². The van der Waals surface area contributed by atoms with Crippen LogP contribution in [0.3, 0.4) is 0 Å². The van der Waals surface area contributed by atoms with E-state index in [1.54, 1.807) is 30.6 Å². The van der Waals surface area contributed by atoms with Crippen molar-refractivity contribution < 1.29 is 9.53 Å². The molecule has 6 nitrogen and oxygen atoms in total. The Morgan fingerprint density at radius 3 is 3.05 bits per heavy atom. The number of rotatable bonds is 5. The molecule has 100 valence electrons. The lowest BCUT2D eigenvalue weighted by Gasteiger charge is -2.10. The van der Waals surface area contributed by atoms with E-state index in [1.807, 2.05) is 0 Å². The fraction of sp³-hybridized carbons (Fsp3) is 0.231. The fourth-order valence-electron chi connectivity index (χ4n) is 1.74. The molecule has 0 bridgehead atoms. The molecule has 19 heavy (non-hydrogen) atoms. The number of nitrogen functional groups attached to an aromatic ring is 1. The third-order valence-corrected chi connectivity index (χ3v) is 2.73. The predicted octanol–water partition coefficient (Wildman–Crippen LogP) is 0.973. The molecule has 1 aromatic carbocycles. The number of amides is 1. The average Bonchev–Trinajstić information content (AvgIpc) is 2.92. The lowest BCUT2D eigenvalue weighted by molar-refractivity contribution is 0.0954. The number of benzene rings is 1. The zero-order valence-corrected chi connectivity index (χ0v) is 10.6. The maximum Gasteiger partial charge on any atom is 0.253 e. The molecule has 0 aliphatic heterocycles. The second-order valence-electron chi connectivity index (χ2n) is 3.96. The summed E-state index contributed by atoms with van der Waals surface area (Å²) in [6.45, 7) is 0.489. The van der Waals surface area contributed by atoms with Gasteiger partial charge in [-0.2, -0.15) is 0 Å². The van der Waals surface area contributed by atoms with Crippen molar-refractivity contribution in [3.8, 4) is 5.75 Å². The Balaban J connectivity index is 1.96. The SMILES string of the molecule is COc1cccc(C(=O)NCCc2ncc[nH]2)c1N. The molecule has 1 amide bonds. The summed E-state index contributed by atoms with van der Waals surface area (Å²) in [6, 6.07) is 5.12. The van der Waals surface area contributed by atoms with E-state index in [9.17, 15) is 4.79 Å². The van der Waals surface area contributed by atoms with Crippen molar-refractivity contribution in [3.63, 3.8) is 0 Å². The highest BCUT2D eigenvalue weighted by atomic mass is 16.5. The van der Waals surface area contributed by atoms with Gasteiger partial charge in [-0.15, -0.1) is 0 Å². The molecule has 1 aromatic heterocycles. The van der Waals surface area contributed by atoms with Gasteiger partial charge in [0.15, 0.2) is 0 Å². The highest BCUT2D eigenvalue weighted by molar-refractivity contribution is 6.00. The van der Waals surface area contributed by atoms with E-state index in [-0.39, 0.29) is 5.91 Å². The number of para-hydroxylation sites is 1. The van der Waals surface area contributed by atoms with Crippen LogP contribution in [0.1, 0.15) is 16.2 Å². The molecular weight excluding hydrogens is 244 g/mol. The standard InChI is InChI=1S/C13H16N4O2/c1-19-10-4-2-3-9(12(10)14)13(18)17-6-5-11-15-7-8-16-11/h2-4,7-8H,5-6,14H2,1H3,(H,15,16)(H,17,18). The highest BCUT2D eigenvalue weighted by Crippen LogP contribution is 2.24. The maximum absolute atomic E-state index is 12.0. The van der Waals surface area contributed by atoms with Gasteiger partial charge in [-0.25, -0.2) is 4.98 Å². The molecular formula is C13H16N4O2. The quantitative estimate of drug-likeness (QED) is 0.698. The summed E-state index contributed by atoms with van der Waals surface area (Å²) in [7, 11) is 1.52. The van der Waals surface area contributed by atoms with Crippen LogP contribution in [-0.2, 0) is 6.42 Å². The number of aromatic nitrogens is 2. The van der Waals surface area contributed by atoms with E-state index in [0.717, 1.165) is 5.82 Å². The number of nitrogens with one attached hydrogen (secondary N) is 2. The first-order chi connectivity index (χ1) is 9.22. The van der Waals surface area contributed by atoms with Crippen LogP contribution in [0.4, 0.5) is 5.69 Å². The van der Waals surface area contributed by atoms with Crippen molar-refractivity contribution in [1.29, 1.82) is 0 Å². The predicted molar refractivity (Wildman–Crippen MR) is 72.0 cm³/mol. The zero-order chi connectivity index (χ0) is 13.7. The first-order valence-electron chi connectivity index (χ1n) is 5.91. The number of hydrogen-bond acceptors (Lipinski definition) is 4. The number of nitrogens with two attached hydrogens (primary N) is 1. The van der Waals surface area contributed by atoms with Gasteiger partial charge in [0.2, 0.25) is 0 Å². The Bertz CT molecular complexity index is 552. The van der Waals surface area contributed by atoms with E-state index in [0.29, 0.717) is 30.0 Å². The van der Waals surface area contributed by atoms with Gasteiger partial charge in [0, 0.05) is 25.4 Å². The summed E-state index contributed by atoms with van der Waals surface area (Å²) < 4.78 is 5.08. The summed E-state index contributed by atoms with van der Waals surface area (Å²) in [6.07, 6.45) is 4.07. The molecule has 0 unspecified atom stereocenters. The van der Waals surface area contributed by atoms with E-state index < -0.39 is 0 Å². The van der Waals surface area contributed by atoms with Crippen LogP contribution in [0.2, 0.25) is 0 Å². The Labute approximate surface area is 111 Å². The van der Waals surface area contributed by atoms with Crippen molar-refractivity contribution in [2.45, 2.75) is 6.42 Å². The Hall–Kier alpha value is -2.50. The minimum Gasteiger partial charge on any atom is -0.495 e. The molecule has 0 radical (unpaired) electrons. The van der Waals surface area contributed by atoms with Gasteiger partial charge in [-0.3, -0.25) is 4.79 Å². The number of anilines is 1. The number of hydrogen-bond donors (Lipinski definition) is 3. The van der Waals surface area contributed by atoms with Gasteiger partial charge in [-0.05, 0) is 12.1 Å². The summed E-state index contributed by atoms with van der Waals surface area (Å²) in [4.78, 5) is 19.0. The molecule has 4 N–H and O–H groups in total. The number of imidazole rings is 1. The van der Waals surface area contributed by atoms with Crippen molar-refractivity contribution in [2.75, 3.05) is 19.4 Å². The molecule has 2 aromatic rings. The molecule has 0 saturated carbocycles. The molecule has 6 heteroatoms. The third kappa shape index (κ3) is 3.04. The normalized spacial score (nSPS) is 10.2. The Kier molecular flexibility index (Phi) is 4.02. The van der Waals surface area contributed by atoms with Crippen LogP contribution in [0.25, 0.3) is 0 Å². The minimum atomic E-state index is -0.219. The van der Waals surface area contributed by atoms with Crippen molar-refractivity contribution in [3.05, 3.63) is 42.0 Å². The second-order valence-corrected chi connectivity index (χ2v) is 3.96. The largest absolute Gasteiger partial charge is 0.495 e. The van der Waals surface area contributed by atoms with Crippen LogP contribution >= 0.6 is 0 Å². The molecule has 2 rings (SSSR count). The first-order valence-corrected chi connectivity index (χ1v) is 5.91. The highest BCUT2D eigenvalue weighted by Gasteiger charge is 2.12. The summed E-state index contributed by atoms with van der Waals surface area (Å²) >= 11 is 0. The number of aromatic amines is 1. The van der Waals surface area contributed by atoms with Gasteiger partial charge in [0.25, 0.3) is 5.91 Å². The van der Waals surface area contributed by atoms with Crippen LogP contribution in [-0.4, -0.2) is 29.5 Å². The third-order valence-electron chi connectivity index (χ3n) is 2.73. The van der Waals surface area contributed by atoms with E-state index in [1.165, 1.54) is 7.11 Å². The van der Waals surface area contributed by atoms with Crippen LogP contribution in [0.15, 0.2) is 30.6 Å². The van der Waals surface area contributed by atoms with Gasteiger partial charge >= 0.3 is 0 Å². The molecule has 1 heterocycles. The number of H-pyrrole nitrogens is 1. The van der Waals surface area contributed by atoms with Crippen molar-refractivity contribution in [1.82, 2.24) is 15.3 Å². The summed E-state index contributed by atoms with van der Waals surface area (Å²) in [5, 5.41) is 2.79. The minimum absolute atomic E-state index is 0.219. The summed E-state index contributed by atoms with van der Waals surface area (Å²) in [5.74, 6) is 1.11. The second kappa shape index (κ2) is 5.90. The number of carbonyl (C=O) groups excluding carboxylic acids is 1. The van der Waals surface area contributed by atoms with Gasteiger partial charge in [0.1, 0.15) is 11.6 Å². The van der Waals surface area contributed by atoms with Crippen molar-refractivity contribution >= 4 is 11.6 Å². The molecule has 0 saturated heterocycles. The topological polar surface area (TPSA) is 93.0 Å². The number of carbonyl (C=O) groups is 1. The van der Waals surface area contributed by atoms with Crippen molar-refractivity contribution in [2.24, 2.45) is 0 Å². The molecule has 0 aliphatic rings. The number of nitrogens with zero attached hydrogens (tertiary/aromatic N) is 1. The zero-order valence-electron chi connectivity index (χ0n) is 10.6. The maximum atomic E-state index is 12.0. The molecule has 0 atom stereocenters.